The first kappa shape index (κ1) is 23.5. The van der Waals surface area contributed by atoms with Crippen molar-refractivity contribution in [2.24, 2.45) is 5.92 Å². The van der Waals surface area contributed by atoms with Gasteiger partial charge in [0.1, 0.15) is 0 Å². The lowest BCUT2D eigenvalue weighted by molar-refractivity contribution is -0.137. The molecule has 0 unspecified atom stereocenters. The fraction of sp³-hybridized carbons (Fsp3) is 0.364. The number of halogens is 4. The van der Waals surface area contributed by atoms with Crippen molar-refractivity contribution >= 4 is 46.6 Å². The molecule has 0 atom stereocenters. The van der Waals surface area contributed by atoms with E-state index in [9.17, 15) is 22.8 Å². The lowest BCUT2D eigenvalue weighted by atomic mass is 9.88. The Morgan fingerprint density at radius 3 is 2.48 bits per heavy atom. The number of amides is 2. The fourth-order valence-electron chi connectivity index (χ4n) is 3.41. The van der Waals surface area contributed by atoms with Crippen molar-refractivity contribution in [3.05, 3.63) is 53.1 Å². The van der Waals surface area contributed by atoms with Gasteiger partial charge in [0.25, 0.3) is 0 Å². The summed E-state index contributed by atoms with van der Waals surface area (Å²) in [5.74, 6) is -0.457. The highest BCUT2D eigenvalue weighted by Crippen LogP contribution is 2.34. The lowest BCUT2D eigenvalue weighted by Gasteiger charge is -2.20. The van der Waals surface area contributed by atoms with Crippen molar-refractivity contribution in [3.8, 4) is 0 Å². The van der Waals surface area contributed by atoms with Crippen molar-refractivity contribution in [2.45, 2.75) is 43.2 Å². The molecule has 1 saturated carbocycles. The van der Waals surface area contributed by atoms with Crippen LogP contribution in [0.5, 0.6) is 0 Å². The van der Waals surface area contributed by atoms with E-state index in [1.54, 1.807) is 24.3 Å². The molecule has 2 N–H and O–H groups in total. The monoisotopic (exact) mass is 470 g/mol. The number of carbonyl (C=O) groups is 2. The predicted molar refractivity (Wildman–Crippen MR) is 117 cm³/mol. The minimum absolute atomic E-state index is 0.0128. The van der Waals surface area contributed by atoms with Crippen LogP contribution in [0.2, 0.25) is 5.02 Å². The maximum atomic E-state index is 12.9. The first-order valence-electron chi connectivity index (χ1n) is 9.93. The third kappa shape index (κ3) is 6.90. The Hall–Kier alpha value is -2.19. The second-order valence-electron chi connectivity index (χ2n) is 7.38. The Bertz CT molecular complexity index is 947. The molecule has 0 aromatic heterocycles. The van der Waals surface area contributed by atoms with Crippen LogP contribution in [0, 0.1) is 5.92 Å². The van der Waals surface area contributed by atoms with Gasteiger partial charge in [0.15, 0.2) is 0 Å². The molecule has 0 heterocycles. The van der Waals surface area contributed by atoms with E-state index in [-0.39, 0.29) is 28.3 Å². The number of rotatable bonds is 6. The number of carbonyl (C=O) groups excluding carboxylic acids is 2. The number of alkyl halides is 3. The van der Waals surface area contributed by atoms with Crippen LogP contribution in [-0.4, -0.2) is 17.6 Å². The molecule has 0 radical (unpaired) electrons. The van der Waals surface area contributed by atoms with Gasteiger partial charge in [0.2, 0.25) is 11.8 Å². The summed E-state index contributed by atoms with van der Waals surface area (Å²) in [6, 6.07) is 9.91. The zero-order valence-corrected chi connectivity index (χ0v) is 18.2. The normalized spacial score (nSPS) is 14.8. The van der Waals surface area contributed by atoms with E-state index in [0.717, 1.165) is 48.8 Å². The van der Waals surface area contributed by atoms with E-state index in [1.807, 2.05) is 0 Å². The molecule has 0 aliphatic heterocycles. The quantitative estimate of drug-likeness (QED) is 0.467. The van der Waals surface area contributed by atoms with Gasteiger partial charge in [-0.1, -0.05) is 36.9 Å². The number of hydrogen-bond acceptors (Lipinski definition) is 3. The van der Waals surface area contributed by atoms with Crippen molar-refractivity contribution in [1.82, 2.24) is 0 Å². The predicted octanol–water partition coefficient (Wildman–Crippen LogP) is 6.61. The average molecular weight is 471 g/mol. The summed E-state index contributed by atoms with van der Waals surface area (Å²) in [6.45, 7) is 0. The van der Waals surface area contributed by atoms with Gasteiger partial charge in [-0.2, -0.15) is 13.2 Å². The largest absolute Gasteiger partial charge is 0.416 e. The van der Waals surface area contributed by atoms with E-state index in [4.69, 9.17) is 11.6 Å². The van der Waals surface area contributed by atoms with Gasteiger partial charge >= 0.3 is 6.18 Å². The van der Waals surface area contributed by atoms with E-state index >= 15 is 0 Å². The Morgan fingerprint density at radius 1 is 1.03 bits per heavy atom. The first-order chi connectivity index (χ1) is 14.7. The molecule has 0 saturated heterocycles. The maximum Gasteiger partial charge on any atom is 0.416 e. The number of hydrogen-bond donors (Lipinski definition) is 2. The third-order valence-corrected chi connectivity index (χ3v) is 6.34. The van der Waals surface area contributed by atoms with Crippen molar-refractivity contribution in [1.29, 1.82) is 0 Å². The fourth-order valence-corrected chi connectivity index (χ4v) is 4.33. The van der Waals surface area contributed by atoms with Crippen LogP contribution in [0.1, 0.15) is 37.7 Å². The van der Waals surface area contributed by atoms with Crippen LogP contribution in [0.4, 0.5) is 24.5 Å². The van der Waals surface area contributed by atoms with E-state index < -0.39 is 17.6 Å². The molecule has 31 heavy (non-hydrogen) atoms. The Morgan fingerprint density at radius 2 is 1.77 bits per heavy atom. The van der Waals surface area contributed by atoms with Gasteiger partial charge in [0, 0.05) is 16.5 Å². The molecule has 1 aliphatic carbocycles. The Balaban J connectivity index is 1.56. The van der Waals surface area contributed by atoms with E-state index in [2.05, 4.69) is 10.6 Å². The summed E-state index contributed by atoms with van der Waals surface area (Å²) in [7, 11) is 0. The summed E-state index contributed by atoms with van der Waals surface area (Å²) >= 11 is 7.12. The van der Waals surface area contributed by atoms with E-state index in [0.29, 0.717) is 5.69 Å². The molecule has 2 aromatic carbocycles. The molecule has 1 fully saturated rings. The van der Waals surface area contributed by atoms with Crippen molar-refractivity contribution in [3.63, 3.8) is 0 Å². The number of thioether (sulfide) groups is 1. The van der Waals surface area contributed by atoms with Crippen LogP contribution >= 0.6 is 23.4 Å². The third-order valence-electron chi connectivity index (χ3n) is 5.02. The minimum Gasteiger partial charge on any atom is -0.326 e. The van der Waals surface area contributed by atoms with Crippen LogP contribution in [0.15, 0.2) is 47.4 Å². The van der Waals surface area contributed by atoms with Crippen LogP contribution in [0.3, 0.4) is 0 Å². The van der Waals surface area contributed by atoms with Crippen LogP contribution in [0.25, 0.3) is 0 Å². The molecule has 0 spiro atoms. The Kier molecular flexibility index (Phi) is 7.89. The highest BCUT2D eigenvalue weighted by atomic mass is 35.5. The summed E-state index contributed by atoms with van der Waals surface area (Å²) < 4.78 is 38.6. The number of benzene rings is 2. The van der Waals surface area contributed by atoms with Gasteiger partial charge < -0.3 is 10.6 Å². The van der Waals surface area contributed by atoms with Crippen LogP contribution in [-0.2, 0) is 15.8 Å². The average Bonchev–Trinajstić information content (AvgIpc) is 2.74. The number of anilines is 2. The molecule has 0 bridgehead atoms. The zero-order chi connectivity index (χ0) is 22.4. The summed E-state index contributed by atoms with van der Waals surface area (Å²) in [4.78, 5) is 25.4. The summed E-state index contributed by atoms with van der Waals surface area (Å²) in [6.07, 6.45) is 0.583. The second kappa shape index (κ2) is 10.4. The van der Waals surface area contributed by atoms with Gasteiger partial charge in [-0.25, -0.2) is 0 Å². The molecule has 2 amide bonds. The highest BCUT2D eigenvalue weighted by molar-refractivity contribution is 8.00. The topological polar surface area (TPSA) is 58.2 Å². The molecular formula is C22H22ClF3N2O2S. The molecule has 3 rings (SSSR count). The van der Waals surface area contributed by atoms with Crippen LogP contribution < -0.4 is 10.6 Å². The molecule has 4 nitrogen and oxygen atoms in total. The van der Waals surface area contributed by atoms with Gasteiger partial charge in [0.05, 0.1) is 22.0 Å². The molecular weight excluding hydrogens is 449 g/mol. The van der Waals surface area contributed by atoms with Crippen molar-refractivity contribution in [2.75, 3.05) is 16.4 Å². The first-order valence-corrected chi connectivity index (χ1v) is 11.3. The SMILES string of the molecule is O=C(CSc1cccc(NC(=O)C2CCCCC2)c1)Nc1cc(C(F)(F)F)ccc1Cl. The molecule has 1 aliphatic rings. The maximum absolute atomic E-state index is 12.9. The minimum atomic E-state index is -4.53. The number of nitrogens with one attached hydrogen (secondary N) is 2. The summed E-state index contributed by atoms with van der Waals surface area (Å²) in [5, 5.41) is 5.38. The lowest BCUT2D eigenvalue weighted by Crippen LogP contribution is -2.24. The van der Waals surface area contributed by atoms with Crippen molar-refractivity contribution < 1.29 is 22.8 Å². The molecule has 166 valence electrons. The smallest absolute Gasteiger partial charge is 0.326 e. The van der Waals surface area contributed by atoms with Gasteiger partial charge in [-0.15, -0.1) is 11.8 Å². The summed E-state index contributed by atoms with van der Waals surface area (Å²) in [5.41, 5.74) is -0.321. The zero-order valence-electron chi connectivity index (χ0n) is 16.6. The van der Waals surface area contributed by atoms with Gasteiger partial charge in [-0.05, 0) is 49.2 Å². The van der Waals surface area contributed by atoms with E-state index in [1.165, 1.54) is 18.2 Å². The second-order valence-corrected chi connectivity index (χ2v) is 8.84. The van der Waals surface area contributed by atoms with Gasteiger partial charge in [-0.3, -0.25) is 9.59 Å². The Labute approximate surface area is 187 Å². The highest BCUT2D eigenvalue weighted by Gasteiger charge is 2.31. The standard InChI is InChI=1S/C22H22ClF3N2O2S/c23-18-10-9-15(22(24,25)26)11-19(18)28-20(29)13-31-17-8-4-7-16(12-17)27-21(30)14-5-2-1-3-6-14/h4,7-12,14H,1-3,5-6,13H2,(H,27,30)(H,28,29). The molecule has 2 aromatic rings. The molecule has 9 heteroatoms.